The van der Waals surface area contributed by atoms with Crippen molar-refractivity contribution in [2.75, 3.05) is 0 Å². The van der Waals surface area contributed by atoms with Crippen LogP contribution in [0.15, 0.2) is 34.1 Å². The average Bonchev–Trinajstić information content (AvgIpc) is 2.69. The van der Waals surface area contributed by atoms with E-state index in [0.29, 0.717) is 16.2 Å². The van der Waals surface area contributed by atoms with Crippen LogP contribution in [-0.4, -0.2) is 5.51 Å². The van der Waals surface area contributed by atoms with Crippen molar-refractivity contribution in [3.05, 3.63) is 34.7 Å². The lowest BCUT2D eigenvalue weighted by Crippen LogP contribution is -2.15. The second-order valence-corrected chi connectivity index (χ2v) is 11.4. The van der Waals surface area contributed by atoms with Crippen LogP contribution in [0.25, 0.3) is 6.08 Å². The zero-order valence-corrected chi connectivity index (χ0v) is 14.3. The minimum atomic E-state index is -4.17. The zero-order chi connectivity index (χ0) is 14.8. The highest BCUT2D eigenvalue weighted by atomic mass is 127. The van der Waals surface area contributed by atoms with Crippen molar-refractivity contribution in [3.63, 3.8) is 0 Å². The molecule has 0 nitrogen and oxygen atoms in total. The molecule has 0 spiro atoms. The van der Waals surface area contributed by atoms with Gasteiger partial charge in [-0.2, -0.15) is 13.2 Å². The third-order valence-corrected chi connectivity index (χ3v) is 10.8. The van der Waals surface area contributed by atoms with Crippen molar-refractivity contribution in [1.82, 2.24) is 0 Å². The zero-order valence-electron chi connectivity index (χ0n) is 11.3. The van der Waals surface area contributed by atoms with Gasteiger partial charge in [-0.05, 0) is 63.9 Å². The van der Waals surface area contributed by atoms with E-state index in [1.54, 1.807) is 45.5 Å². The number of fused-ring (bicyclic) bond motifs is 1. The molecular formula is C15H18F3IS. The topological polar surface area (TPSA) is 0 Å². The molecule has 112 valence electrons. The van der Waals surface area contributed by atoms with Gasteiger partial charge >= 0.3 is 5.51 Å². The molecule has 1 atom stereocenters. The Morgan fingerprint density at radius 1 is 1.10 bits per heavy atom. The van der Waals surface area contributed by atoms with Gasteiger partial charge in [0.25, 0.3) is 0 Å². The lowest BCUT2D eigenvalue weighted by molar-refractivity contribution is -0.0353. The first-order valence-corrected chi connectivity index (χ1v) is 11.0. The Balaban J connectivity index is 2.27. The van der Waals surface area contributed by atoms with Crippen molar-refractivity contribution < 1.29 is 13.2 Å². The molecule has 1 aromatic rings. The van der Waals surface area contributed by atoms with Crippen LogP contribution < -0.4 is 0 Å². The van der Waals surface area contributed by atoms with Crippen molar-refractivity contribution in [2.24, 2.45) is 0 Å². The number of unbranched alkanes of at least 4 members (excludes halogenated alkanes) is 3. The molecule has 0 aromatic heterocycles. The van der Waals surface area contributed by atoms with E-state index in [0.717, 1.165) is 31.2 Å². The second kappa shape index (κ2) is 6.30. The Morgan fingerprint density at radius 3 is 2.45 bits per heavy atom. The summed E-state index contributed by atoms with van der Waals surface area (Å²) >= 11 is 1.68. The summed E-state index contributed by atoms with van der Waals surface area (Å²) in [4.78, 5) is 1.06. The summed E-state index contributed by atoms with van der Waals surface area (Å²) in [5.74, 6) is 0. The third-order valence-electron chi connectivity index (χ3n) is 3.50. The molecule has 0 radical (unpaired) electrons. The highest BCUT2D eigenvalue weighted by Crippen LogP contribution is 2.82. The van der Waals surface area contributed by atoms with E-state index >= 15 is 0 Å². The first kappa shape index (κ1) is 16.2. The summed E-state index contributed by atoms with van der Waals surface area (Å²) in [6.07, 6.45) is 6.38. The molecule has 0 saturated heterocycles. The number of benzene rings is 1. The Labute approximate surface area is 131 Å². The summed E-state index contributed by atoms with van der Waals surface area (Å²) in [6.45, 7) is 2.11. The molecule has 20 heavy (non-hydrogen) atoms. The van der Waals surface area contributed by atoms with Crippen molar-refractivity contribution in [3.8, 4) is 0 Å². The fraction of sp³-hybridized carbons (Fsp3) is 0.467. The van der Waals surface area contributed by atoms with Crippen LogP contribution in [0, 0.1) is 0 Å². The van der Waals surface area contributed by atoms with E-state index < -0.39 is 12.7 Å². The van der Waals surface area contributed by atoms with Crippen LogP contribution >= 0.6 is 28.4 Å². The Kier molecular flexibility index (Phi) is 5.10. The van der Waals surface area contributed by atoms with Gasteiger partial charge in [0.05, 0.1) is 0 Å². The molecule has 1 aliphatic rings. The maximum atomic E-state index is 13.6. The van der Waals surface area contributed by atoms with Crippen molar-refractivity contribution in [1.29, 1.82) is 0 Å². The van der Waals surface area contributed by atoms with Crippen LogP contribution in [0.2, 0.25) is 0 Å². The highest BCUT2D eigenvalue weighted by molar-refractivity contribution is 14.2. The molecule has 0 saturated carbocycles. The molecule has 0 fully saturated rings. The number of alkyl halides is 3. The van der Waals surface area contributed by atoms with Gasteiger partial charge in [-0.1, -0.05) is 44.4 Å². The molecule has 1 aromatic carbocycles. The maximum Gasteiger partial charge on any atom is 0.441 e. The normalized spacial score (nSPS) is 24.9. The monoisotopic (exact) mass is 414 g/mol. The van der Waals surface area contributed by atoms with Gasteiger partial charge in [-0.3, -0.25) is 0 Å². The average molecular weight is 414 g/mol. The number of hydrogen-bond acceptors (Lipinski definition) is 0. The standard InChI is InChI=1S/C15H18F3IS/c1-2-3-4-5-9-13-11-12-8-6-7-10-14(12)20(13,19)15(16,17)18/h6-8,10-11H,2-5,9H2,1H3. The van der Waals surface area contributed by atoms with Crippen LogP contribution in [0.3, 0.4) is 0 Å². The van der Waals surface area contributed by atoms with Crippen molar-refractivity contribution in [2.45, 2.75) is 49.4 Å². The van der Waals surface area contributed by atoms with E-state index in [1.807, 2.05) is 6.07 Å². The minimum Gasteiger partial charge on any atom is -0.160 e. The molecule has 2 rings (SSSR count). The van der Waals surface area contributed by atoms with E-state index in [1.165, 1.54) is 0 Å². The van der Waals surface area contributed by atoms with Gasteiger partial charge in [0.1, 0.15) is 0 Å². The van der Waals surface area contributed by atoms with E-state index in [2.05, 4.69) is 6.92 Å². The van der Waals surface area contributed by atoms with E-state index in [9.17, 15) is 13.2 Å². The predicted octanol–water partition coefficient (Wildman–Crippen LogP) is 7.04. The van der Waals surface area contributed by atoms with Gasteiger partial charge in [-0.15, -0.1) is 0 Å². The number of allylic oxidation sites excluding steroid dienone is 1. The van der Waals surface area contributed by atoms with Gasteiger partial charge in [0.2, 0.25) is 0 Å². The lowest BCUT2D eigenvalue weighted by atomic mass is 10.1. The number of halogens is 4. The molecule has 1 aliphatic heterocycles. The minimum absolute atomic E-state index is 0.471. The van der Waals surface area contributed by atoms with Crippen molar-refractivity contribution >= 4 is 34.5 Å². The first-order valence-electron chi connectivity index (χ1n) is 6.80. The van der Waals surface area contributed by atoms with Crippen LogP contribution in [0.4, 0.5) is 13.2 Å². The van der Waals surface area contributed by atoms with Crippen LogP contribution in [-0.2, 0) is 0 Å². The summed E-state index contributed by atoms with van der Waals surface area (Å²) in [5, 5.41) is 0. The first-order chi connectivity index (χ1) is 9.41. The summed E-state index contributed by atoms with van der Waals surface area (Å²) < 4.78 is 40.9. The SMILES string of the molecule is CCCCCCC1=Cc2ccccc2S1(I)C(F)(F)F. The molecule has 1 heterocycles. The van der Waals surface area contributed by atoms with E-state index in [4.69, 9.17) is 0 Å². The van der Waals surface area contributed by atoms with E-state index in [-0.39, 0.29) is 0 Å². The van der Waals surface area contributed by atoms with Crippen LogP contribution in [0.5, 0.6) is 0 Å². The largest absolute Gasteiger partial charge is 0.441 e. The van der Waals surface area contributed by atoms with Gasteiger partial charge in [0.15, 0.2) is 0 Å². The molecule has 1 unspecified atom stereocenters. The molecular weight excluding hydrogens is 396 g/mol. The van der Waals surface area contributed by atoms with Gasteiger partial charge in [0, 0.05) is 4.90 Å². The predicted molar refractivity (Wildman–Crippen MR) is 89.1 cm³/mol. The fourth-order valence-electron chi connectivity index (χ4n) is 2.46. The quantitative estimate of drug-likeness (QED) is 0.358. The van der Waals surface area contributed by atoms with Gasteiger partial charge < -0.3 is 0 Å². The number of rotatable bonds is 5. The Hall–Kier alpha value is -0.170. The molecule has 0 aliphatic carbocycles. The summed E-state index contributed by atoms with van der Waals surface area (Å²) in [7, 11) is -2.88. The maximum absolute atomic E-state index is 13.6. The lowest BCUT2D eigenvalue weighted by Gasteiger charge is -2.35. The fourth-order valence-corrected chi connectivity index (χ4v) is 6.97. The third kappa shape index (κ3) is 2.89. The van der Waals surface area contributed by atoms with Crippen LogP contribution in [0.1, 0.15) is 44.6 Å². The molecule has 0 bridgehead atoms. The highest BCUT2D eigenvalue weighted by Gasteiger charge is 2.54. The molecule has 0 N–H and O–H groups in total. The summed E-state index contributed by atoms with van der Waals surface area (Å²) in [5.41, 5.74) is -3.42. The Bertz CT molecular complexity index is 510. The number of hydrogen-bond donors (Lipinski definition) is 0. The smallest absolute Gasteiger partial charge is 0.160 e. The Morgan fingerprint density at radius 2 is 1.80 bits per heavy atom. The van der Waals surface area contributed by atoms with Gasteiger partial charge in [-0.25, -0.2) is 0 Å². The summed E-state index contributed by atoms with van der Waals surface area (Å²) in [6, 6.07) is 6.95. The molecule has 5 heteroatoms. The molecule has 0 amide bonds. The second-order valence-electron chi connectivity index (χ2n) is 4.94.